The SMILES string of the molecule is CNc1c(N=Nc2nc(C#N)c(C#N)n2CC(=O)O)cnn1-c1cc(S(=O)(=O)[O-])ccc1SOO[O-].[Na+].[Na+]. The van der Waals surface area contributed by atoms with Crippen molar-refractivity contribution in [1.82, 2.24) is 19.3 Å². The van der Waals surface area contributed by atoms with Gasteiger partial charge in [-0.3, -0.25) is 14.4 Å². The first-order valence-corrected chi connectivity index (χ1v) is 11.3. The zero-order valence-electron chi connectivity index (χ0n) is 19.7. The summed E-state index contributed by atoms with van der Waals surface area (Å²) in [6, 6.07) is 6.51. The Morgan fingerprint density at radius 1 is 1.29 bits per heavy atom. The molecule has 21 heteroatoms. The Kier molecular flexibility index (Phi) is 13.0. The molecule has 0 aliphatic carbocycles. The van der Waals surface area contributed by atoms with Gasteiger partial charge in [0.2, 0.25) is 0 Å². The normalized spacial score (nSPS) is 10.8. The molecule has 2 aromatic heterocycles. The van der Waals surface area contributed by atoms with Gasteiger partial charge in [-0.05, 0) is 18.2 Å². The number of azo groups is 1. The fourth-order valence-corrected chi connectivity index (χ4v) is 3.81. The van der Waals surface area contributed by atoms with E-state index in [1.807, 2.05) is 0 Å². The fourth-order valence-electron chi connectivity index (χ4n) is 2.86. The molecular weight excluding hydrogens is 568 g/mol. The minimum Gasteiger partial charge on any atom is -0.744 e. The number of aromatic nitrogens is 4. The quantitative estimate of drug-likeness (QED) is 0.0567. The molecule has 0 aliphatic heterocycles. The van der Waals surface area contributed by atoms with Crippen LogP contribution in [0, 0.1) is 22.7 Å². The number of hydrogen-bond donors (Lipinski definition) is 2. The van der Waals surface area contributed by atoms with Crippen molar-refractivity contribution in [2.45, 2.75) is 16.3 Å². The molecule has 3 aromatic rings. The van der Waals surface area contributed by atoms with E-state index in [9.17, 15) is 28.3 Å². The number of rotatable bonds is 10. The second-order valence-corrected chi connectivity index (χ2v) is 8.48. The molecule has 0 fully saturated rings. The summed E-state index contributed by atoms with van der Waals surface area (Å²) in [4.78, 5) is 14.5. The maximum Gasteiger partial charge on any atom is 1.00 e. The Bertz CT molecular complexity index is 1540. The van der Waals surface area contributed by atoms with Crippen LogP contribution in [0.3, 0.4) is 0 Å². The van der Waals surface area contributed by atoms with Gasteiger partial charge in [-0.1, -0.05) is 0 Å². The molecule has 0 amide bonds. The van der Waals surface area contributed by atoms with Crippen LogP contribution in [0.2, 0.25) is 0 Å². The summed E-state index contributed by atoms with van der Waals surface area (Å²) in [5, 5.41) is 55.7. The number of benzene rings is 1. The van der Waals surface area contributed by atoms with Crippen molar-refractivity contribution in [3.63, 3.8) is 0 Å². The third-order valence-electron chi connectivity index (χ3n) is 4.29. The van der Waals surface area contributed by atoms with E-state index in [-0.39, 0.29) is 98.5 Å². The molecule has 0 unspecified atom stereocenters. The van der Waals surface area contributed by atoms with Gasteiger partial charge >= 0.3 is 65.1 Å². The van der Waals surface area contributed by atoms with Crippen molar-refractivity contribution >= 4 is 45.6 Å². The van der Waals surface area contributed by atoms with Crippen molar-refractivity contribution in [2.24, 2.45) is 10.2 Å². The molecule has 1 aromatic carbocycles. The van der Waals surface area contributed by atoms with E-state index in [2.05, 4.69) is 35.0 Å². The van der Waals surface area contributed by atoms with Gasteiger partial charge in [0.25, 0.3) is 5.95 Å². The predicted molar refractivity (Wildman–Crippen MR) is 113 cm³/mol. The van der Waals surface area contributed by atoms with Gasteiger partial charge in [0.15, 0.2) is 17.2 Å². The van der Waals surface area contributed by atoms with Crippen LogP contribution < -0.4 is 69.7 Å². The summed E-state index contributed by atoms with van der Waals surface area (Å²) in [5.74, 6) is -1.57. The molecule has 0 saturated heterocycles. The Hall–Kier alpha value is -2.37. The minimum atomic E-state index is -4.86. The first kappa shape index (κ1) is 33.7. The summed E-state index contributed by atoms with van der Waals surface area (Å²) >= 11 is 0.412. The average Bonchev–Trinajstić information content (AvgIpc) is 3.40. The van der Waals surface area contributed by atoms with Crippen LogP contribution in [0.5, 0.6) is 0 Å². The molecule has 0 radical (unpaired) electrons. The molecule has 17 nitrogen and oxygen atoms in total. The van der Waals surface area contributed by atoms with Gasteiger partial charge < -0.3 is 20.2 Å². The first-order chi connectivity index (χ1) is 17.1. The fraction of sp³-hybridized carbons (Fsp3) is 0.118. The summed E-state index contributed by atoms with van der Waals surface area (Å²) in [5.41, 5.74) is -0.677. The molecule has 0 bridgehead atoms. The smallest absolute Gasteiger partial charge is 0.744 e. The molecule has 38 heavy (non-hydrogen) atoms. The number of nitrogens with zero attached hydrogens (tertiary/aromatic N) is 8. The molecule has 3 rings (SSSR count). The average molecular weight is 579 g/mol. The van der Waals surface area contributed by atoms with E-state index in [0.717, 1.165) is 21.4 Å². The number of nitrogens with one attached hydrogen (secondary N) is 1. The van der Waals surface area contributed by atoms with Gasteiger partial charge in [-0.25, -0.2) is 13.1 Å². The molecule has 0 aliphatic rings. The number of imidazole rings is 1. The van der Waals surface area contributed by atoms with E-state index < -0.39 is 27.5 Å². The monoisotopic (exact) mass is 579 g/mol. The van der Waals surface area contributed by atoms with Crippen molar-refractivity contribution < 1.29 is 96.6 Å². The van der Waals surface area contributed by atoms with Gasteiger partial charge in [0.05, 0.1) is 33.7 Å². The largest absolute Gasteiger partial charge is 1.00 e. The zero-order valence-corrected chi connectivity index (χ0v) is 25.3. The maximum atomic E-state index is 11.5. The standard InChI is InChI=1S/C17H13N9O8S2.2Na/c1-20-16-11(23-24-17-22-10(5-18)13(6-19)25(17)8-15(27)28)7-21-26(16)12-4-9(36(30,31)32)2-3-14(12)35-34-33-29;;/h2-4,7,20,29H,8H2,1H3,(H,27,28)(H,30,31,32);;/q;2*+1/p-2. The Morgan fingerprint density at radius 2 is 2.00 bits per heavy atom. The predicted octanol–water partition coefficient (Wildman–Crippen LogP) is -5.50. The zero-order chi connectivity index (χ0) is 26.5. The second-order valence-electron chi connectivity index (χ2n) is 6.36. The number of carboxylic acid groups (broad SMARTS) is 1. The van der Waals surface area contributed by atoms with E-state index in [0.29, 0.717) is 12.0 Å². The number of aliphatic carboxylic acids is 1. The second kappa shape index (κ2) is 14.7. The molecule has 186 valence electrons. The van der Waals surface area contributed by atoms with Crippen LogP contribution >= 0.6 is 12.0 Å². The first-order valence-electron chi connectivity index (χ1n) is 9.18. The van der Waals surface area contributed by atoms with E-state index in [1.165, 1.54) is 19.3 Å². The molecular formula is C17H11N9Na2O8S2. The Labute approximate surface area is 262 Å². The van der Waals surface area contributed by atoms with Crippen molar-refractivity contribution in [1.29, 1.82) is 10.5 Å². The van der Waals surface area contributed by atoms with Crippen molar-refractivity contribution in [3.05, 3.63) is 35.8 Å². The number of anilines is 1. The van der Waals surface area contributed by atoms with Crippen LogP contribution in [0.4, 0.5) is 17.5 Å². The Morgan fingerprint density at radius 3 is 2.55 bits per heavy atom. The third kappa shape index (κ3) is 7.60. The minimum absolute atomic E-state index is 0. The van der Waals surface area contributed by atoms with Crippen LogP contribution in [-0.4, -0.2) is 50.4 Å². The number of nitriles is 2. The van der Waals surface area contributed by atoms with Crippen LogP contribution in [0.25, 0.3) is 5.69 Å². The van der Waals surface area contributed by atoms with E-state index in [1.54, 1.807) is 12.1 Å². The number of carbonyl (C=O) groups is 1. The third-order valence-corrected chi connectivity index (χ3v) is 5.77. The van der Waals surface area contributed by atoms with Gasteiger partial charge in [-0.2, -0.15) is 24.9 Å². The van der Waals surface area contributed by atoms with Gasteiger partial charge in [0.1, 0.15) is 34.5 Å². The molecule has 2 heterocycles. The Balaban J connectivity index is 0.00000361. The van der Waals surface area contributed by atoms with Gasteiger partial charge in [0, 0.05) is 7.05 Å². The summed E-state index contributed by atoms with van der Waals surface area (Å²) < 4.78 is 40.8. The van der Waals surface area contributed by atoms with Crippen LogP contribution in [0.1, 0.15) is 11.4 Å². The van der Waals surface area contributed by atoms with Crippen LogP contribution in [-0.2, 0) is 30.8 Å². The van der Waals surface area contributed by atoms with E-state index in [4.69, 9.17) is 10.4 Å². The van der Waals surface area contributed by atoms with Crippen molar-refractivity contribution in [2.75, 3.05) is 12.4 Å². The topological polar surface area (TPSA) is 256 Å². The summed E-state index contributed by atoms with van der Waals surface area (Å²) in [6.45, 7) is -0.719. The summed E-state index contributed by atoms with van der Waals surface area (Å²) in [6.07, 6.45) is 1.17. The maximum absolute atomic E-state index is 11.5. The number of carboxylic acids is 1. The molecule has 0 atom stereocenters. The number of hydrogen-bond acceptors (Lipinski definition) is 15. The summed E-state index contributed by atoms with van der Waals surface area (Å²) in [7, 11) is -3.40. The molecule has 0 saturated carbocycles. The van der Waals surface area contributed by atoms with Crippen molar-refractivity contribution in [3.8, 4) is 17.8 Å². The molecule has 0 spiro atoms. The van der Waals surface area contributed by atoms with Crippen LogP contribution in [0.15, 0.2) is 44.4 Å². The molecule has 2 N–H and O–H groups in total. The van der Waals surface area contributed by atoms with Gasteiger partial charge in [-0.15, -0.1) is 10.2 Å². The van der Waals surface area contributed by atoms with E-state index >= 15 is 0 Å².